The first kappa shape index (κ1) is 26.1. The van der Waals surface area contributed by atoms with Crippen molar-refractivity contribution < 1.29 is 0 Å². The molecule has 0 radical (unpaired) electrons. The van der Waals surface area contributed by atoms with E-state index in [4.69, 9.17) is 15.0 Å². The molecule has 0 saturated carbocycles. The lowest BCUT2D eigenvalue weighted by atomic mass is 9.86. The molecule has 3 unspecified atom stereocenters. The van der Waals surface area contributed by atoms with Crippen LogP contribution in [0.2, 0.25) is 0 Å². The van der Waals surface area contributed by atoms with Gasteiger partial charge < -0.3 is 5.32 Å². The molecule has 4 heteroatoms. The van der Waals surface area contributed by atoms with Gasteiger partial charge in [0.1, 0.15) is 5.84 Å². The predicted octanol–water partition coefficient (Wildman–Crippen LogP) is 8.82. The maximum Gasteiger partial charge on any atom is 0.134 e. The monoisotopic (exact) mass is 566 g/mol. The lowest BCUT2D eigenvalue weighted by Gasteiger charge is -2.26. The molecular weight excluding hydrogens is 536 g/mol. The zero-order chi connectivity index (χ0) is 29.3. The second kappa shape index (κ2) is 11.2. The Morgan fingerprint density at radius 1 is 0.568 bits per heavy atom. The molecule has 210 valence electrons. The molecule has 2 aliphatic heterocycles. The summed E-state index contributed by atoms with van der Waals surface area (Å²) in [5.74, 6) is 1.41. The van der Waals surface area contributed by atoms with Crippen LogP contribution in [-0.2, 0) is 0 Å². The number of nitrogens with zero attached hydrogens (tertiary/aromatic N) is 3. The predicted molar refractivity (Wildman–Crippen MR) is 182 cm³/mol. The van der Waals surface area contributed by atoms with Crippen LogP contribution in [0.1, 0.15) is 28.3 Å². The third-order valence-corrected chi connectivity index (χ3v) is 8.46. The fourth-order valence-corrected chi connectivity index (χ4v) is 6.12. The first-order chi connectivity index (χ1) is 21.8. The van der Waals surface area contributed by atoms with Crippen molar-refractivity contribution in [1.29, 1.82) is 0 Å². The number of benzene rings is 4. The summed E-state index contributed by atoms with van der Waals surface area (Å²) in [6.07, 6.45) is 17.2. The van der Waals surface area contributed by atoms with Crippen LogP contribution >= 0.6 is 0 Å². The number of hydrogen-bond donors (Lipinski definition) is 1. The number of nitrogens with one attached hydrogen (secondary N) is 1. The van der Waals surface area contributed by atoms with Crippen LogP contribution < -0.4 is 5.32 Å². The number of hydrogen-bond acceptors (Lipinski definition) is 4. The molecule has 0 bridgehead atoms. The smallest absolute Gasteiger partial charge is 0.134 e. The lowest BCUT2D eigenvalue weighted by molar-refractivity contribution is 0.707. The molecule has 4 aromatic carbocycles. The number of fused-ring (bicyclic) bond motifs is 2. The van der Waals surface area contributed by atoms with Crippen molar-refractivity contribution in [3.63, 3.8) is 0 Å². The summed E-state index contributed by atoms with van der Waals surface area (Å²) in [6, 6.07) is 38.0. The van der Waals surface area contributed by atoms with Gasteiger partial charge >= 0.3 is 0 Å². The van der Waals surface area contributed by atoms with E-state index in [1.54, 1.807) is 0 Å². The number of rotatable bonds is 5. The number of amidine groups is 1. The highest BCUT2D eigenvalue weighted by Crippen LogP contribution is 2.34. The highest BCUT2D eigenvalue weighted by molar-refractivity contribution is 6.05. The van der Waals surface area contributed by atoms with Crippen molar-refractivity contribution in [2.45, 2.75) is 6.04 Å². The van der Waals surface area contributed by atoms with E-state index < -0.39 is 0 Å². The van der Waals surface area contributed by atoms with Crippen LogP contribution in [0.25, 0.3) is 33.4 Å². The van der Waals surface area contributed by atoms with E-state index >= 15 is 0 Å². The Morgan fingerprint density at radius 2 is 1.27 bits per heavy atom. The molecule has 3 heterocycles. The normalized spacial score (nSPS) is 20.4. The molecule has 1 aliphatic carbocycles. The second-order valence-electron chi connectivity index (χ2n) is 11.4. The minimum Gasteiger partial charge on any atom is -0.359 e. The van der Waals surface area contributed by atoms with Gasteiger partial charge in [0.25, 0.3) is 0 Å². The van der Waals surface area contributed by atoms with E-state index in [1.165, 1.54) is 5.56 Å². The fourth-order valence-electron chi connectivity index (χ4n) is 6.12. The van der Waals surface area contributed by atoms with Gasteiger partial charge in [-0.2, -0.15) is 0 Å². The van der Waals surface area contributed by atoms with Crippen LogP contribution in [0, 0.1) is 11.8 Å². The third-order valence-electron chi connectivity index (χ3n) is 8.46. The Hall–Kier alpha value is -5.61. The lowest BCUT2D eigenvalue weighted by Crippen LogP contribution is -2.31. The average molecular weight is 567 g/mol. The number of allylic oxidation sites excluding steroid dienone is 5. The summed E-state index contributed by atoms with van der Waals surface area (Å²) in [5, 5.41) is 6.03. The van der Waals surface area contributed by atoms with Gasteiger partial charge in [-0.1, -0.05) is 115 Å². The second-order valence-corrected chi connectivity index (χ2v) is 11.4. The Balaban J connectivity index is 1.28. The van der Waals surface area contributed by atoms with Crippen LogP contribution in [0.4, 0.5) is 0 Å². The molecule has 1 N–H and O–H groups in total. The van der Waals surface area contributed by atoms with Gasteiger partial charge in [-0.25, -0.2) is 4.99 Å². The van der Waals surface area contributed by atoms with Crippen molar-refractivity contribution >= 4 is 34.2 Å². The molecular formula is C40H30N4. The molecule has 4 nitrogen and oxygen atoms in total. The fraction of sp³-hybridized carbons (Fsp3) is 0.0750. The van der Waals surface area contributed by atoms with Gasteiger partial charge in [-0.05, 0) is 46.9 Å². The first-order valence-corrected chi connectivity index (χ1v) is 15.1. The Bertz CT molecular complexity index is 2050. The zero-order valence-corrected chi connectivity index (χ0v) is 24.1. The van der Waals surface area contributed by atoms with Crippen molar-refractivity contribution in [2.24, 2.45) is 21.8 Å². The van der Waals surface area contributed by atoms with E-state index in [-0.39, 0.29) is 6.04 Å². The van der Waals surface area contributed by atoms with Gasteiger partial charge in [-0.15, -0.1) is 0 Å². The summed E-state index contributed by atoms with van der Waals surface area (Å²) in [5.41, 5.74) is 8.16. The summed E-state index contributed by atoms with van der Waals surface area (Å²) in [4.78, 5) is 15.0. The van der Waals surface area contributed by atoms with E-state index in [1.807, 2.05) is 18.3 Å². The Morgan fingerprint density at radius 3 is 2.11 bits per heavy atom. The summed E-state index contributed by atoms with van der Waals surface area (Å²) in [7, 11) is 0. The molecule has 44 heavy (non-hydrogen) atoms. The standard InChI is InChI=1S/C40H30N4/c1-3-11-27(12-4-1)38-24-39(28-13-5-2-6-14-28)44-40(43-38)35-20-33(36-22-29-15-7-9-17-31(29)25-41-36)19-34(21-35)37-23-30-16-8-10-18-32(30)26-42-37/h1-26,29,31,38H,(H,43,44). The molecule has 5 aromatic rings. The largest absolute Gasteiger partial charge is 0.359 e. The van der Waals surface area contributed by atoms with Gasteiger partial charge in [0.15, 0.2) is 0 Å². The quantitative estimate of drug-likeness (QED) is 0.231. The Labute approximate surface area is 257 Å². The SMILES string of the molecule is C1=CC2C=NC(c3cc(C4=NC(c5ccccc5)=CC(c5ccccc5)N4)cc(-c4cc5ccccc5cn4)c3)=CC2C=C1. The molecule has 3 aliphatic rings. The molecule has 3 atom stereocenters. The number of pyridine rings is 1. The third kappa shape index (κ3) is 5.12. The molecule has 0 amide bonds. The van der Waals surface area contributed by atoms with Gasteiger partial charge in [0.2, 0.25) is 0 Å². The minimum atomic E-state index is -0.0309. The average Bonchev–Trinajstić information content (AvgIpc) is 3.11. The number of aromatic nitrogens is 1. The molecule has 0 spiro atoms. The van der Waals surface area contributed by atoms with Crippen molar-refractivity contribution in [2.75, 3.05) is 0 Å². The first-order valence-electron chi connectivity index (χ1n) is 15.1. The maximum absolute atomic E-state index is 5.20. The summed E-state index contributed by atoms with van der Waals surface area (Å²) < 4.78 is 0. The van der Waals surface area contributed by atoms with E-state index in [0.717, 1.165) is 55.9 Å². The summed E-state index contributed by atoms with van der Waals surface area (Å²) >= 11 is 0. The van der Waals surface area contributed by atoms with E-state index in [2.05, 4.69) is 145 Å². The number of aliphatic imine (C=N–C) groups is 2. The highest BCUT2D eigenvalue weighted by atomic mass is 15.0. The van der Waals surface area contributed by atoms with Crippen LogP contribution in [0.5, 0.6) is 0 Å². The highest BCUT2D eigenvalue weighted by Gasteiger charge is 2.23. The van der Waals surface area contributed by atoms with Crippen LogP contribution in [-0.4, -0.2) is 17.0 Å². The molecule has 0 fully saturated rings. The molecule has 1 aromatic heterocycles. The summed E-state index contributed by atoms with van der Waals surface area (Å²) in [6.45, 7) is 0. The van der Waals surface area contributed by atoms with Gasteiger partial charge in [0, 0.05) is 46.3 Å². The maximum atomic E-state index is 5.20. The van der Waals surface area contributed by atoms with Crippen molar-refractivity contribution in [3.8, 4) is 11.3 Å². The minimum absolute atomic E-state index is 0.0309. The zero-order valence-electron chi connectivity index (χ0n) is 24.1. The Kier molecular flexibility index (Phi) is 6.65. The molecule has 8 rings (SSSR count). The van der Waals surface area contributed by atoms with Gasteiger partial charge in [-0.3, -0.25) is 9.98 Å². The van der Waals surface area contributed by atoms with E-state index in [9.17, 15) is 0 Å². The molecule has 0 saturated heterocycles. The van der Waals surface area contributed by atoms with Crippen molar-refractivity contribution in [3.05, 3.63) is 174 Å². The van der Waals surface area contributed by atoms with Crippen LogP contribution in [0.15, 0.2) is 162 Å². The van der Waals surface area contributed by atoms with E-state index in [0.29, 0.717) is 11.8 Å². The van der Waals surface area contributed by atoms with Gasteiger partial charge in [0.05, 0.1) is 23.1 Å². The van der Waals surface area contributed by atoms with Crippen LogP contribution in [0.3, 0.4) is 0 Å². The van der Waals surface area contributed by atoms with Crippen molar-refractivity contribution in [1.82, 2.24) is 10.3 Å². The topological polar surface area (TPSA) is 49.6 Å².